The fourth-order valence-corrected chi connectivity index (χ4v) is 4.23. The molecule has 3 aromatic carbocycles. The summed E-state index contributed by atoms with van der Waals surface area (Å²) in [5, 5.41) is 25.4. The molecule has 0 aliphatic rings. The van der Waals surface area contributed by atoms with Crippen LogP contribution in [0.4, 0.5) is 5.69 Å². The Bertz CT molecular complexity index is 1500. The van der Waals surface area contributed by atoms with E-state index in [9.17, 15) is 19.5 Å². The predicted octanol–water partition coefficient (Wildman–Crippen LogP) is 3.98. The Morgan fingerprint density at radius 3 is 2.44 bits per heavy atom. The van der Waals surface area contributed by atoms with Crippen molar-refractivity contribution in [1.29, 1.82) is 0 Å². The summed E-state index contributed by atoms with van der Waals surface area (Å²) < 4.78 is 0. The molecule has 0 saturated carbocycles. The van der Waals surface area contributed by atoms with Gasteiger partial charge in [-0.3, -0.25) is 14.4 Å². The number of phenols is 1. The van der Waals surface area contributed by atoms with Crippen molar-refractivity contribution in [1.82, 2.24) is 25.6 Å². The molecule has 0 fully saturated rings. The quantitative estimate of drug-likeness (QED) is 0.271. The number of carbonyl (C=O) groups is 3. The summed E-state index contributed by atoms with van der Waals surface area (Å²) in [5.74, 6) is -1.94. The third-order valence-corrected chi connectivity index (χ3v) is 6.23. The van der Waals surface area contributed by atoms with Crippen LogP contribution in [0.15, 0.2) is 60.7 Å². The van der Waals surface area contributed by atoms with Gasteiger partial charge in [0.2, 0.25) is 0 Å². The molecule has 1 heterocycles. The Morgan fingerprint density at radius 1 is 0.974 bits per heavy atom. The molecule has 0 spiro atoms. The van der Waals surface area contributed by atoms with Crippen molar-refractivity contribution in [3.63, 3.8) is 0 Å². The number of hydrogen-bond donors (Lipinski definition) is 3. The van der Waals surface area contributed by atoms with Crippen LogP contribution in [0, 0.1) is 0 Å². The van der Waals surface area contributed by atoms with Gasteiger partial charge >= 0.3 is 11.8 Å². The van der Waals surface area contributed by atoms with E-state index in [-0.39, 0.29) is 34.5 Å². The molecule has 0 aliphatic heterocycles. The van der Waals surface area contributed by atoms with Gasteiger partial charge in [0.05, 0.1) is 0 Å². The number of nitrogens with zero attached hydrogens (tertiary/aromatic N) is 4. The van der Waals surface area contributed by atoms with Crippen LogP contribution in [-0.4, -0.2) is 50.9 Å². The molecule has 0 aliphatic carbocycles. The highest BCUT2D eigenvalue weighted by Gasteiger charge is 2.23. The largest absolute Gasteiger partial charge is 0.505 e. The second kappa shape index (κ2) is 12.4. The number of aromatic hydroxyl groups is 1. The van der Waals surface area contributed by atoms with Crippen molar-refractivity contribution < 1.29 is 19.5 Å². The molecule has 0 atom stereocenters. The van der Waals surface area contributed by atoms with E-state index in [1.165, 1.54) is 21.8 Å². The Balaban J connectivity index is 1.54. The number of phenolic OH excluding ortho intramolecular Hbond substituents is 1. The van der Waals surface area contributed by atoms with E-state index < -0.39 is 11.8 Å². The maximum absolute atomic E-state index is 13.0. The molecule has 11 heteroatoms. The topological polar surface area (TPSA) is 129 Å². The molecule has 0 bridgehead atoms. The molecular weight excluding hydrogens is 520 g/mol. The normalized spacial score (nSPS) is 10.8. The molecule has 202 valence electrons. The number of anilines is 1. The first-order valence-corrected chi connectivity index (χ1v) is 13.0. The monoisotopic (exact) mass is 548 g/mol. The maximum Gasteiger partial charge on any atom is 0.316 e. The second-order valence-corrected chi connectivity index (χ2v) is 9.25. The molecule has 4 aromatic rings. The first-order valence-electron chi connectivity index (χ1n) is 12.6. The number of para-hydroxylation sites is 1. The Kier molecular flexibility index (Phi) is 8.77. The van der Waals surface area contributed by atoms with Crippen molar-refractivity contribution in [2.24, 2.45) is 0 Å². The Morgan fingerprint density at radius 2 is 1.72 bits per heavy atom. The molecule has 10 nitrogen and oxygen atoms in total. The van der Waals surface area contributed by atoms with Crippen molar-refractivity contribution in [3.05, 3.63) is 76.8 Å². The van der Waals surface area contributed by atoms with Crippen LogP contribution in [0.3, 0.4) is 0 Å². The lowest BCUT2D eigenvalue weighted by molar-refractivity contribution is -0.137. The number of carbonyl (C=O) groups excluding carboxylic acids is 3. The first-order chi connectivity index (χ1) is 18.8. The number of hydrogen-bond acceptors (Lipinski definition) is 6. The summed E-state index contributed by atoms with van der Waals surface area (Å²) in [6.07, 6.45) is 1.60. The highest BCUT2D eigenvalue weighted by molar-refractivity contribution is 6.40. The summed E-state index contributed by atoms with van der Waals surface area (Å²) in [6, 6.07) is 16.9. The minimum absolute atomic E-state index is 0.150. The van der Waals surface area contributed by atoms with Gasteiger partial charge in [0.25, 0.3) is 5.91 Å². The van der Waals surface area contributed by atoms with Gasteiger partial charge in [0.15, 0.2) is 0 Å². The number of amides is 3. The lowest BCUT2D eigenvalue weighted by atomic mass is 10.1. The summed E-state index contributed by atoms with van der Waals surface area (Å²) in [6.45, 7) is 4.58. The average Bonchev–Trinajstić information content (AvgIpc) is 3.37. The molecule has 3 amide bonds. The second-order valence-electron chi connectivity index (χ2n) is 8.81. The Hall–Kier alpha value is -4.44. The van der Waals surface area contributed by atoms with Crippen LogP contribution in [0.25, 0.3) is 16.7 Å². The highest BCUT2D eigenvalue weighted by atomic mass is 35.5. The van der Waals surface area contributed by atoms with Crippen LogP contribution in [0.5, 0.6) is 5.75 Å². The van der Waals surface area contributed by atoms with Crippen LogP contribution in [0.1, 0.15) is 42.6 Å². The third-order valence-electron chi connectivity index (χ3n) is 6.01. The zero-order chi connectivity index (χ0) is 27.9. The fourth-order valence-electron chi connectivity index (χ4n) is 4.00. The number of unbranched alkanes of at least 4 members (excludes halogenated alkanes) is 1. The highest BCUT2D eigenvalue weighted by Crippen LogP contribution is 2.30. The molecular formula is C28H29ClN6O4. The van der Waals surface area contributed by atoms with Gasteiger partial charge < -0.3 is 20.6 Å². The molecule has 4 rings (SSSR count). The SMILES string of the molecule is CCCCN(C(=O)C(=O)NCc1cc(Cl)cc(-n2nc3ccc(C(=O)NCC)cc3n2)c1O)c1ccccc1. The molecule has 0 unspecified atom stereocenters. The van der Waals surface area contributed by atoms with Gasteiger partial charge in [0.1, 0.15) is 22.5 Å². The summed E-state index contributed by atoms with van der Waals surface area (Å²) >= 11 is 6.32. The summed E-state index contributed by atoms with van der Waals surface area (Å²) in [5.41, 5.74) is 2.49. The Labute approximate surface area is 230 Å². The maximum atomic E-state index is 13.0. The van der Waals surface area contributed by atoms with Gasteiger partial charge in [-0.15, -0.1) is 15.0 Å². The van der Waals surface area contributed by atoms with E-state index in [0.717, 1.165) is 12.8 Å². The lowest BCUT2D eigenvalue weighted by Crippen LogP contribution is -2.43. The van der Waals surface area contributed by atoms with Gasteiger partial charge in [-0.2, -0.15) is 0 Å². The van der Waals surface area contributed by atoms with Gasteiger partial charge in [-0.05, 0) is 55.8 Å². The summed E-state index contributed by atoms with van der Waals surface area (Å²) in [4.78, 5) is 40.6. The number of halogens is 1. The molecule has 0 saturated heterocycles. The van der Waals surface area contributed by atoms with Gasteiger partial charge in [-0.25, -0.2) is 0 Å². The predicted molar refractivity (Wildman–Crippen MR) is 149 cm³/mol. The van der Waals surface area contributed by atoms with Gasteiger partial charge in [-0.1, -0.05) is 43.1 Å². The number of fused-ring (bicyclic) bond motifs is 1. The van der Waals surface area contributed by atoms with E-state index in [0.29, 0.717) is 35.4 Å². The number of aromatic nitrogens is 3. The van der Waals surface area contributed by atoms with Crippen molar-refractivity contribution in [2.75, 3.05) is 18.0 Å². The molecule has 1 aromatic heterocycles. The lowest BCUT2D eigenvalue weighted by Gasteiger charge is -2.22. The van der Waals surface area contributed by atoms with Crippen LogP contribution in [0.2, 0.25) is 5.02 Å². The smallest absolute Gasteiger partial charge is 0.316 e. The fraction of sp³-hybridized carbons (Fsp3) is 0.250. The zero-order valence-electron chi connectivity index (χ0n) is 21.6. The summed E-state index contributed by atoms with van der Waals surface area (Å²) in [7, 11) is 0. The zero-order valence-corrected chi connectivity index (χ0v) is 22.4. The van der Waals surface area contributed by atoms with Crippen LogP contribution >= 0.6 is 11.6 Å². The minimum atomic E-state index is -0.809. The van der Waals surface area contributed by atoms with Crippen LogP contribution in [-0.2, 0) is 16.1 Å². The average molecular weight is 549 g/mol. The van der Waals surface area contributed by atoms with E-state index in [1.807, 2.05) is 19.9 Å². The van der Waals surface area contributed by atoms with Crippen molar-refractivity contribution in [2.45, 2.75) is 33.2 Å². The molecule has 0 radical (unpaired) electrons. The van der Waals surface area contributed by atoms with Gasteiger partial charge in [0, 0.05) is 41.5 Å². The van der Waals surface area contributed by atoms with Crippen molar-refractivity contribution in [3.8, 4) is 11.4 Å². The van der Waals surface area contributed by atoms with E-state index >= 15 is 0 Å². The number of rotatable bonds is 9. The minimum Gasteiger partial charge on any atom is -0.505 e. The number of nitrogens with one attached hydrogen (secondary N) is 2. The van der Waals surface area contributed by atoms with Crippen LogP contribution < -0.4 is 15.5 Å². The molecule has 39 heavy (non-hydrogen) atoms. The standard InChI is InChI=1S/C28H29ClN6O4/c1-3-5-13-34(21-9-7-6-8-10-21)28(39)27(38)31-17-19-14-20(29)16-24(25(19)36)35-32-22-12-11-18(15-23(22)33-35)26(37)30-4-2/h6-12,14-16,36H,3-5,13,17H2,1-2H3,(H,30,37)(H,31,38). The van der Waals surface area contributed by atoms with E-state index in [4.69, 9.17) is 11.6 Å². The van der Waals surface area contributed by atoms with E-state index in [1.54, 1.807) is 42.5 Å². The third kappa shape index (κ3) is 6.35. The van der Waals surface area contributed by atoms with E-state index in [2.05, 4.69) is 20.8 Å². The number of benzene rings is 3. The van der Waals surface area contributed by atoms with Crippen molar-refractivity contribution >= 4 is 46.0 Å². The molecule has 3 N–H and O–H groups in total. The first kappa shape index (κ1) is 27.6.